The van der Waals surface area contributed by atoms with Gasteiger partial charge in [0.15, 0.2) is 6.61 Å². The predicted molar refractivity (Wildman–Crippen MR) is 109 cm³/mol. The predicted octanol–water partition coefficient (Wildman–Crippen LogP) is 3.06. The number of carbonyl (C=O) groups is 2. The molecule has 0 aliphatic rings. The third-order valence-corrected chi connectivity index (χ3v) is 4.43. The van der Waals surface area contributed by atoms with E-state index in [2.05, 4.69) is 5.32 Å². The summed E-state index contributed by atoms with van der Waals surface area (Å²) in [5, 5.41) is 4.65. The summed E-state index contributed by atoms with van der Waals surface area (Å²) in [5.74, 6) is -0.730. The van der Waals surface area contributed by atoms with E-state index >= 15 is 0 Å². The van der Waals surface area contributed by atoms with Crippen molar-refractivity contribution in [3.05, 3.63) is 82.7 Å². The fraction of sp³-hybridized carbons (Fsp3) is 0.0455. The van der Waals surface area contributed by atoms with Gasteiger partial charge in [-0.2, -0.15) is 0 Å². The highest BCUT2D eigenvalue weighted by atomic mass is 16.5. The van der Waals surface area contributed by atoms with E-state index in [1.54, 1.807) is 48.5 Å². The Morgan fingerprint density at radius 1 is 0.931 bits per heavy atom. The molecule has 0 bridgehead atoms. The van der Waals surface area contributed by atoms with Crippen LogP contribution in [0.2, 0.25) is 0 Å². The maximum atomic E-state index is 12.2. The van der Waals surface area contributed by atoms with Crippen molar-refractivity contribution < 1.29 is 18.7 Å². The lowest BCUT2D eigenvalue weighted by Crippen LogP contribution is -2.22. The summed E-state index contributed by atoms with van der Waals surface area (Å²) < 4.78 is 10.9. The molecular weight excluding hydrogens is 372 g/mol. The molecule has 0 aliphatic carbocycles. The van der Waals surface area contributed by atoms with Crippen LogP contribution in [0.1, 0.15) is 10.4 Å². The van der Waals surface area contributed by atoms with Crippen molar-refractivity contribution in [1.29, 1.82) is 0 Å². The number of rotatable bonds is 5. The van der Waals surface area contributed by atoms with E-state index < -0.39 is 17.4 Å². The van der Waals surface area contributed by atoms with Gasteiger partial charge in [-0.25, -0.2) is 4.79 Å². The van der Waals surface area contributed by atoms with Crippen LogP contribution in [0.4, 0.5) is 5.69 Å². The van der Waals surface area contributed by atoms with Crippen LogP contribution < -0.4 is 21.4 Å². The van der Waals surface area contributed by atoms with Crippen molar-refractivity contribution >= 4 is 39.2 Å². The Labute approximate surface area is 164 Å². The summed E-state index contributed by atoms with van der Waals surface area (Å²) >= 11 is 0. The van der Waals surface area contributed by atoms with E-state index in [0.29, 0.717) is 22.4 Å². The van der Waals surface area contributed by atoms with Gasteiger partial charge >= 0.3 is 5.63 Å². The Morgan fingerprint density at radius 3 is 2.45 bits per heavy atom. The zero-order valence-corrected chi connectivity index (χ0v) is 15.2. The molecule has 0 saturated carbocycles. The summed E-state index contributed by atoms with van der Waals surface area (Å²) in [6.45, 7) is -0.295. The minimum absolute atomic E-state index is 0.209. The number of nitrogens with two attached hydrogens (primary N) is 1. The van der Waals surface area contributed by atoms with E-state index in [9.17, 15) is 14.4 Å². The summed E-state index contributed by atoms with van der Waals surface area (Å²) in [7, 11) is 0. The summed E-state index contributed by atoms with van der Waals surface area (Å²) in [5.41, 5.74) is 5.75. The van der Waals surface area contributed by atoms with Crippen LogP contribution >= 0.6 is 0 Å². The molecule has 3 N–H and O–H groups in total. The van der Waals surface area contributed by atoms with Crippen molar-refractivity contribution in [3.63, 3.8) is 0 Å². The first-order chi connectivity index (χ1) is 14.0. The zero-order chi connectivity index (χ0) is 20.4. The zero-order valence-electron chi connectivity index (χ0n) is 15.2. The first kappa shape index (κ1) is 18.2. The minimum atomic E-state index is -0.640. The minimum Gasteiger partial charge on any atom is -0.484 e. The number of fused-ring (bicyclic) bond motifs is 3. The molecule has 0 unspecified atom stereocenters. The maximum Gasteiger partial charge on any atom is 0.344 e. The van der Waals surface area contributed by atoms with E-state index in [0.717, 1.165) is 10.8 Å². The largest absolute Gasteiger partial charge is 0.484 e. The quantitative estimate of drug-likeness (QED) is 0.403. The number of amides is 2. The van der Waals surface area contributed by atoms with Gasteiger partial charge in [0.1, 0.15) is 11.3 Å². The Hall–Kier alpha value is -4.13. The molecule has 0 fully saturated rings. The highest BCUT2D eigenvalue weighted by Crippen LogP contribution is 2.26. The molecule has 4 aromatic rings. The van der Waals surface area contributed by atoms with Gasteiger partial charge in [0.05, 0.1) is 16.6 Å². The molecule has 0 saturated heterocycles. The molecule has 144 valence electrons. The average Bonchev–Trinajstić information content (AvgIpc) is 2.72. The highest BCUT2D eigenvalue weighted by molar-refractivity contribution is 6.05. The van der Waals surface area contributed by atoms with Crippen LogP contribution in [0.25, 0.3) is 21.7 Å². The number of benzene rings is 3. The van der Waals surface area contributed by atoms with Crippen LogP contribution in [0.15, 0.2) is 75.9 Å². The number of hydrogen-bond donors (Lipinski definition) is 2. The number of hydrogen-bond acceptors (Lipinski definition) is 5. The summed E-state index contributed by atoms with van der Waals surface area (Å²) in [4.78, 5) is 35.8. The SMILES string of the molecule is NC(=O)c1ccccc1NC(=O)COc1ccc2c(c1)oc(=O)c1ccccc12. The third kappa shape index (κ3) is 3.66. The van der Waals surface area contributed by atoms with Crippen LogP contribution in [-0.4, -0.2) is 18.4 Å². The number of carbonyl (C=O) groups excluding carboxylic acids is 2. The van der Waals surface area contributed by atoms with Gasteiger partial charge in [-0.05, 0) is 35.7 Å². The molecule has 0 radical (unpaired) electrons. The normalized spacial score (nSPS) is 10.8. The molecule has 0 spiro atoms. The van der Waals surface area contributed by atoms with E-state index in [1.807, 2.05) is 12.1 Å². The molecule has 3 aromatic carbocycles. The Morgan fingerprint density at radius 2 is 1.66 bits per heavy atom. The number of nitrogens with one attached hydrogen (secondary N) is 1. The molecule has 2 amide bonds. The van der Waals surface area contributed by atoms with Gasteiger partial charge in [0.2, 0.25) is 0 Å². The third-order valence-electron chi connectivity index (χ3n) is 4.43. The molecule has 4 rings (SSSR count). The van der Waals surface area contributed by atoms with Crippen LogP contribution in [0.5, 0.6) is 5.75 Å². The molecule has 1 heterocycles. The smallest absolute Gasteiger partial charge is 0.344 e. The number of ether oxygens (including phenoxy) is 1. The van der Waals surface area contributed by atoms with Gasteiger partial charge in [-0.3, -0.25) is 9.59 Å². The lowest BCUT2D eigenvalue weighted by molar-refractivity contribution is -0.118. The number of primary amides is 1. The first-order valence-corrected chi connectivity index (χ1v) is 8.80. The van der Waals surface area contributed by atoms with Gasteiger partial charge in [0, 0.05) is 11.5 Å². The van der Waals surface area contributed by atoms with Gasteiger partial charge in [-0.15, -0.1) is 0 Å². The number of para-hydroxylation sites is 1. The second-order valence-corrected chi connectivity index (χ2v) is 6.34. The van der Waals surface area contributed by atoms with E-state index in [-0.39, 0.29) is 12.2 Å². The van der Waals surface area contributed by atoms with Crippen molar-refractivity contribution in [1.82, 2.24) is 0 Å². The molecule has 0 atom stereocenters. The second-order valence-electron chi connectivity index (χ2n) is 6.34. The monoisotopic (exact) mass is 388 g/mol. The standard InChI is InChI=1S/C22H16N2O5/c23-21(26)17-7-3-4-8-18(17)24-20(25)12-28-13-9-10-15-14-5-1-2-6-16(14)22(27)29-19(15)11-13/h1-11H,12H2,(H2,23,26)(H,24,25). The summed E-state index contributed by atoms with van der Waals surface area (Å²) in [6.07, 6.45) is 0. The van der Waals surface area contributed by atoms with E-state index in [4.69, 9.17) is 14.9 Å². The number of anilines is 1. The van der Waals surface area contributed by atoms with E-state index in [1.165, 1.54) is 6.07 Å². The second kappa shape index (κ2) is 7.47. The lowest BCUT2D eigenvalue weighted by Gasteiger charge is -2.10. The van der Waals surface area contributed by atoms with Crippen molar-refractivity contribution in [2.45, 2.75) is 0 Å². The fourth-order valence-electron chi connectivity index (χ4n) is 3.09. The lowest BCUT2D eigenvalue weighted by atomic mass is 10.1. The summed E-state index contributed by atoms with van der Waals surface area (Å²) in [6, 6.07) is 18.6. The van der Waals surface area contributed by atoms with Gasteiger partial charge < -0.3 is 20.2 Å². The van der Waals surface area contributed by atoms with Gasteiger partial charge in [0.25, 0.3) is 11.8 Å². The Kier molecular flexibility index (Phi) is 4.70. The van der Waals surface area contributed by atoms with Crippen LogP contribution in [-0.2, 0) is 4.79 Å². The molecule has 29 heavy (non-hydrogen) atoms. The topological polar surface area (TPSA) is 112 Å². The highest BCUT2D eigenvalue weighted by Gasteiger charge is 2.12. The average molecular weight is 388 g/mol. The molecular formula is C22H16N2O5. The van der Waals surface area contributed by atoms with Crippen molar-refractivity contribution in [2.75, 3.05) is 11.9 Å². The van der Waals surface area contributed by atoms with Crippen molar-refractivity contribution in [2.24, 2.45) is 5.73 Å². The fourth-order valence-corrected chi connectivity index (χ4v) is 3.09. The molecule has 0 aliphatic heterocycles. The molecule has 7 heteroatoms. The molecule has 7 nitrogen and oxygen atoms in total. The van der Waals surface area contributed by atoms with Crippen molar-refractivity contribution in [3.8, 4) is 5.75 Å². The molecule has 1 aromatic heterocycles. The first-order valence-electron chi connectivity index (χ1n) is 8.80. The van der Waals surface area contributed by atoms with Crippen LogP contribution in [0, 0.1) is 0 Å². The van der Waals surface area contributed by atoms with Crippen LogP contribution in [0.3, 0.4) is 0 Å². The Bertz CT molecular complexity index is 1310. The Balaban J connectivity index is 1.53. The van der Waals surface area contributed by atoms with Gasteiger partial charge in [-0.1, -0.05) is 30.3 Å². The maximum absolute atomic E-state index is 12.2.